The monoisotopic (exact) mass is 400 g/mol. The normalized spacial score (nSPS) is 14.3. The highest BCUT2D eigenvalue weighted by atomic mass is 32.2. The second-order valence-electron chi connectivity index (χ2n) is 6.56. The van der Waals surface area contributed by atoms with E-state index in [1.807, 2.05) is 43.0 Å². The maximum Gasteiger partial charge on any atom is 0.249 e. The average Bonchev–Trinajstić information content (AvgIpc) is 2.74. The Morgan fingerprint density at radius 3 is 2.75 bits per heavy atom. The molecule has 0 aliphatic carbocycles. The number of hydrogen-bond donors (Lipinski definition) is 1. The van der Waals surface area contributed by atoms with Crippen molar-refractivity contribution >= 4 is 23.4 Å². The van der Waals surface area contributed by atoms with Crippen molar-refractivity contribution < 1.29 is 14.3 Å². The van der Waals surface area contributed by atoms with E-state index in [1.54, 1.807) is 7.05 Å². The molecule has 1 unspecified atom stereocenters. The van der Waals surface area contributed by atoms with Crippen molar-refractivity contribution in [1.82, 2.24) is 5.32 Å². The van der Waals surface area contributed by atoms with E-state index in [-0.39, 0.29) is 5.91 Å². The summed E-state index contributed by atoms with van der Waals surface area (Å²) in [5.41, 5.74) is 2.35. The molecular weight excluding hydrogens is 372 g/mol. The van der Waals surface area contributed by atoms with E-state index in [0.29, 0.717) is 19.6 Å². The fraction of sp³-hybridized carbons (Fsp3) is 0.409. The van der Waals surface area contributed by atoms with Crippen LogP contribution in [0.3, 0.4) is 0 Å². The standard InChI is InChI=1S/C22H28N2O3S/c1-3-26-20(22(25)23-2)16-17-8-10-18(11-9-17)27-14-12-24-13-15-28-21-7-5-4-6-19(21)24/h4-11,20H,3,12-16H2,1-2H3,(H,23,25). The number of para-hydroxylation sites is 1. The van der Waals surface area contributed by atoms with Gasteiger partial charge in [0, 0.05) is 37.3 Å². The van der Waals surface area contributed by atoms with Crippen molar-refractivity contribution in [2.45, 2.75) is 24.3 Å². The summed E-state index contributed by atoms with van der Waals surface area (Å²) in [6.07, 6.45) is 0.0922. The topological polar surface area (TPSA) is 50.8 Å². The van der Waals surface area contributed by atoms with Crippen LogP contribution >= 0.6 is 11.8 Å². The van der Waals surface area contributed by atoms with Gasteiger partial charge in [-0.25, -0.2) is 0 Å². The lowest BCUT2D eigenvalue weighted by Crippen LogP contribution is -2.35. The van der Waals surface area contributed by atoms with Crippen molar-refractivity contribution in [2.75, 3.05) is 44.0 Å². The second kappa shape index (κ2) is 10.4. The summed E-state index contributed by atoms with van der Waals surface area (Å²) >= 11 is 1.91. The maximum absolute atomic E-state index is 11.9. The molecule has 1 N–H and O–H groups in total. The molecule has 0 aromatic heterocycles. The molecule has 1 atom stereocenters. The van der Waals surface area contributed by atoms with Crippen molar-refractivity contribution in [2.24, 2.45) is 0 Å². The predicted octanol–water partition coefficient (Wildman–Crippen LogP) is 3.37. The fourth-order valence-electron chi connectivity index (χ4n) is 3.26. The predicted molar refractivity (Wildman–Crippen MR) is 115 cm³/mol. The summed E-state index contributed by atoms with van der Waals surface area (Å²) in [6.45, 7) is 4.95. The first-order valence-corrected chi connectivity index (χ1v) is 10.7. The van der Waals surface area contributed by atoms with Crippen LogP contribution in [0, 0.1) is 0 Å². The number of rotatable bonds is 9. The van der Waals surface area contributed by atoms with E-state index < -0.39 is 6.10 Å². The SMILES string of the molecule is CCOC(Cc1ccc(OCCN2CCSc3ccccc32)cc1)C(=O)NC. The molecule has 0 saturated carbocycles. The highest BCUT2D eigenvalue weighted by molar-refractivity contribution is 7.99. The third kappa shape index (κ3) is 5.42. The van der Waals surface area contributed by atoms with Crippen LogP contribution < -0.4 is 15.0 Å². The van der Waals surface area contributed by atoms with Gasteiger partial charge in [-0.2, -0.15) is 0 Å². The Balaban J connectivity index is 1.50. The fourth-order valence-corrected chi connectivity index (χ4v) is 4.31. The number of carbonyl (C=O) groups is 1. The third-order valence-corrected chi connectivity index (χ3v) is 5.75. The first kappa shape index (κ1) is 20.6. The van der Waals surface area contributed by atoms with Gasteiger partial charge < -0.3 is 19.7 Å². The van der Waals surface area contributed by atoms with Gasteiger partial charge >= 0.3 is 0 Å². The molecule has 2 aromatic carbocycles. The smallest absolute Gasteiger partial charge is 0.249 e. The summed E-state index contributed by atoms with van der Waals surface area (Å²) in [5.74, 6) is 1.86. The lowest BCUT2D eigenvalue weighted by molar-refractivity contribution is -0.131. The second-order valence-corrected chi connectivity index (χ2v) is 7.69. The van der Waals surface area contributed by atoms with E-state index in [4.69, 9.17) is 9.47 Å². The highest BCUT2D eigenvalue weighted by Gasteiger charge is 2.18. The Morgan fingerprint density at radius 2 is 2.00 bits per heavy atom. The minimum Gasteiger partial charge on any atom is -0.492 e. The van der Waals surface area contributed by atoms with Crippen LogP contribution in [0.1, 0.15) is 12.5 Å². The van der Waals surface area contributed by atoms with Gasteiger partial charge in [-0.15, -0.1) is 11.8 Å². The van der Waals surface area contributed by atoms with Gasteiger partial charge in [0.1, 0.15) is 18.5 Å². The molecule has 1 aliphatic rings. The molecule has 0 radical (unpaired) electrons. The average molecular weight is 401 g/mol. The van der Waals surface area contributed by atoms with Crippen LogP contribution in [0.4, 0.5) is 5.69 Å². The number of ether oxygens (including phenoxy) is 2. The lowest BCUT2D eigenvalue weighted by Gasteiger charge is -2.30. The Labute approximate surface area is 171 Å². The van der Waals surface area contributed by atoms with E-state index in [0.717, 1.165) is 30.2 Å². The summed E-state index contributed by atoms with van der Waals surface area (Å²) < 4.78 is 11.5. The number of anilines is 1. The van der Waals surface area contributed by atoms with Gasteiger partial charge in [-0.1, -0.05) is 24.3 Å². The summed E-state index contributed by atoms with van der Waals surface area (Å²) in [4.78, 5) is 15.6. The Kier molecular flexibility index (Phi) is 7.62. The number of thioether (sulfide) groups is 1. The number of fused-ring (bicyclic) bond motifs is 1. The van der Waals surface area contributed by atoms with Crippen molar-refractivity contribution in [3.05, 3.63) is 54.1 Å². The molecule has 0 spiro atoms. The van der Waals surface area contributed by atoms with E-state index in [9.17, 15) is 4.79 Å². The van der Waals surface area contributed by atoms with Crippen LogP contribution in [0.25, 0.3) is 0 Å². The van der Waals surface area contributed by atoms with E-state index in [1.165, 1.54) is 10.6 Å². The Bertz CT molecular complexity index is 767. The zero-order valence-corrected chi connectivity index (χ0v) is 17.3. The van der Waals surface area contributed by atoms with Gasteiger partial charge in [-0.05, 0) is 36.8 Å². The molecular formula is C22H28N2O3S. The molecule has 150 valence electrons. The molecule has 0 bridgehead atoms. The number of likely N-dealkylation sites (N-methyl/N-ethyl adjacent to an activating group) is 1. The van der Waals surface area contributed by atoms with Gasteiger partial charge in [0.25, 0.3) is 0 Å². The minimum absolute atomic E-state index is 0.0952. The largest absolute Gasteiger partial charge is 0.492 e. The van der Waals surface area contributed by atoms with Gasteiger partial charge in [0.05, 0.1) is 12.2 Å². The van der Waals surface area contributed by atoms with Crippen molar-refractivity contribution in [3.63, 3.8) is 0 Å². The number of nitrogens with one attached hydrogen (secondary N) is 1. The number of amides is 1. The molecule has 0 fully saturated rings. The van der Waals surface area contributed by atoms with Crippen LogP contribution in [-0.2, 0) is 16.0 Å². The lowest BCUT2D eigenvalue weighted by atomic mass is 10.1. The maximum atomic E-state index is 11.9. The van der Waals surface area contributed by atoms with Gasteiger partial charge in [-0.3, -0.25) is 4.79 Å². The number of benzene rings is 2. The first-order valence-electron chi connectivity index (χ1n) is 9.73. The number of carbonyl (C=O) groups excluding carboxylic acids is 1. The van der Waals surface area contributed by atoms with E-state index >= 15 is 0 Å². The third-order valence-electron chi connectivity index (χ3n) is 4.71. The van der Waals surface area contributed by atoms with Crippen LogP contribution in [0.2, 0.25) is 0 Å². The first-order chi connectivity index (χ1) is 13.7. The van der Waals surface area contributed by atoms with Crippen LogP contribution in [-0.4, -0.2) is 51.1 Å². The molecule has 1 heterocycles. The molecule has 5 nitrogen and oxygen atoms in total. The zero-order valence-electron chi connectivity index (χ0n) is 16.5. The van der Waals surface area contributed by atoms with Crippen LogP contribution in [0.15, 0.2) is 53.4 Å². The zero-order chi connectivity index (χ0) is 19.8. The Hall–Kier alpha value is -2.18. The molecule has 2 aromatic rings. The quantitative estimate of drug-likeness (QED) is 0.699. The van der Waals surface area contributed by atoms with E-state index in [2.05, 4.69) is 34.5 Å². The summed E-state index contributed by atoms with van der Waals surface area (Å²) in [5, 5.41) is 2.65. The summed E-state index contributed by atoms with van der Waals surface area (Å²) in [6, 6.07) is 16.5. The molecule has 3 rings (SSSR count). The molecule has 1 aliphatic heterocycles. The number of nitrogens with zero attached hydrogens (tertiary/aromatic N) is 1. The highest BCUT2D eigenvalue weighted by Crippen LogP contribution is 2.33. The summed E-state index contributed by atoms with van der Waals surface area (Å²) in [7, 11) is 1.63. The van der Waals surface area contributed by atoms with Gasteiger partial charge in [0.15, 0.2) is 0 Å². The molecule has 1 amide bonds. The Morgan fingerprint density at radius 1 is 1.21 bits per heavy atom. The van der Waals surface area contributed by atoms with Crippen molar-refractivity contribution in [1.29, 1.82) is 0 Å². The minimum atomic E-state index is -0.459. The molecule has 0 saturated heterocycles. The molecule has 6 heteroatoms. The van der Waals surface area contributed by atoms with Crippen LogP contribution in [0.5, 0.6) is 5.75 Å². The number of hydrogen-bond acceptors (Lipinski definition) is 5. The van der Waals surface area contributed by atoms with Crippen molar-refractivity contribution in [3.8, 4) is 5.75 Å². The molecule has 28 heavy (non-hydrogen) atoms. The van der Waals surface area contributed by atoms with Gasteiger partial charge in [0.2, 0.25) is 5.91 Å².